The standard InChI is InChI=1S/C17H26N2O3/c1-13(15-12-19(3)9-10-22-15)18-16(20)11-17(2,21)14-7-5-4-6-8-14/h4-8,13,15,21H,9-12H2,1-3H3,(H,18,20). The zero-order valence-corrected chi connectivity index (χ0v) is 13.6. The topological polar surface area (TPSA) is 61.8 Å². The van der Waals surface area contributed by atoms with Crippen molar-refractivity contribution in [1.29, 1.82) is 0 Å². The summed E-state index contributed by atoms with van der Waals surface area (Å²) in [5, 5.41) is 13.5. The maximum atomic E-state index is 12.2. The van der Waals surface area contributed by atoms with Crippen molar-refractivity contribution in [2.45, 2.75) is 38.0 Å². The van der Waals surface area contributed by atoms with Crippen molar-refractivity contribution in [2.75, 3.05) is 26.7 Å². The van der Waals surface area contributed by atoms with Gasteiger partial charge >= 0.3 is 0 Å². The van der Waals surface area contributed by atoms with Crippen LogP contribution in [0.3, 0.4) is 0 Å². The molecule has 1 fully saturated rings. The van der Waals surface area contributed by atoms with Crippen LogP contribution in [-0.4, -0.2) is 54.8 Å². The Morgan fingerprint density at radius 1 is 1.50 bits per heavy atom. The molecule has 1 heterocycles. The van der Waals surface area contributed by atoms with Crippen LogP contribution < -0.4 is 5.32 Å². The third-order valence-electron chi connectivity index (χ3n) is 4.14. The van der Waals surface area contributed by atoms with Gasteiger partial charge in [0.2, 0.25) is 5.91 Å². The fourth-order valence-electron chi connectivity index (χ4n) is 2.72. The Kier molecular flexibility index (Phi) is 5.56. The van der Waals surface area contributed by atoms with Gasteiger partial charge in [-0.1, -0.05) is 30.3 Å². The third-order valence-corrected chi connectivity index (χ3v) is 4.14. The molecule has 1 aliphatic heterocycles. The molecule has 1 aliphatic rings. The number of nitrogens with one attached hydrogen (secondary N) is 1. The molecule has 122 valence electrons. The fourth-order valence-corrected chi connectivity index (χ4v) is 2.72. The van der Waals surface area contributed by atoms with Crippen molar-refractivity contribution in [2.24, 2.45) is 0 Å². The smallest absolute Gasteiger partial charge is 0.223 e. The van der Waals surface area contributed by atoms with Crippen molar-refractivity contribution in [1.82, 2.24) is 10.2 Å². The van der Waals surface area contributed by atoms with Crippen molar-refractivity contribution in [3.05, 3.63) is 35.9 Å². The summed E-state index contributed by atoms with van der Waals surface area (Å²) in [6.07, 6.45) is 0.0218. The molecule has 0 bridgehead atoms. The predicted molar refractivity (Wildman–Crippen MR) is 85.5 cm³/mol. The van der Waals surface area contributed by atoms with Gasteiger partial charge in [-0.3, -0.25) is 4.79 Å². The van der Waals surface area contributed by atoms with Crippen molar-refractivity contribution < 1.29 is 14.6 Å². The molecule has 2 N–H and O–H groups in total. The molecule has 3 unspecified atom stereocenters. The molecule has 0 saturated carbocycles. The summed E-state index contributed by atoms with van der Waals surface area (Å²) in [5.74, 6) is -0.168. The van der Waals surface area contributed by atoms with Gasteiger partial charge in [0.25, 0.3) is 0 Å². The first-order valence-corrected chi connectivity index (χ1v) is 7.76. The molecule has 1 amide bonds. The largest absolute Gasteiger partial charge is 0.385 e. The van der Waals surface area contributed by atoms with Gasteiger partial charge in [0.15, 0.2) is 0 Å². The van der Waals surface area contributed by atoms with E-state index in [1.54, 1.807) is 6.92 Å². The van der Waals surface area contributed by atoms with Gasteiger partial charge in [-0.15, -0.1) is 0 Å². The summed E-state index contributed by atoms with van der Waals surface area (Å²) >= 11 is 0. The van der Waals surface area contributed by atoms with Gasteiger partial charge in [-0.25, -0.2) is 0 Å². The third kappa shape index (κ3) is 4.53. The number of carbonyl (C=O) groups excluding carboxylic acids is 1. The molecule has 22 heavy (non-hydrogen) atoms. The Hall–Kier alpha value is -1.43. The number of morpholine rings is 1. The second-order valence-corrected chi connectivity index (χ2v) is 6.34. The highest BCUT2D eigenvalue weighted by molar-refractivity contribution is 5.77. The van der Waals surface area contributed by atoms with Crippen LogP contribution in [-0.2, 0) is 15.1 Å². The zero-order valence-electron chi connectivity index (χ0n) is 13.6. The molecule has 1 aromatic rings. The molecule has 0 spiro atoms. The Morgan fingerprint density at radius 3 is 2.82 bits per heavy atom. The van der Waals surface area contributed by atoms with E-state index in [0.717, 1.165) is 18.7 Å². The van der Waals surface area contributed by atoms with E-state index in [9.17, 15) is 9.90 Å². The number of ether oxygens (including phenoxy) is 1. The first kappa shape index (κ1) is 16.9. The second-order valence-electron chi connectivity index (χ2n) is 6.34. The van der Waals surface area contributed by atoms with Crippen LogP contribution in [0.25, 0.3) is 0 Å². The van der Waals surface area contributed by atoms with Crippen LogP contribution in [0.2, 0.25) is 0 Å². The SMILES string of the molecule is CC(NC(=O)CC(C)(O)c1ccccc1)C1CN(C)CCO1. The number of amides is 1. The Morgan fingerprint density at radius 2 is 2.18 bits per heavy atom. The number of aliphatic hydroxyl groups is 1. The van der Waals surface area contributed by atoms with E-state index >= 15 is 0 Å². The van der Waals surface area contributed by atoms with E-state index in [1.807, 2.05) is 44.3 Å². The summed E-state index contributed by atoms with van der Waals surface area (Å²) in [6, 6.07) is 9.18. The number of hydrogen-bond acceptors (Lipinski definition) is 4. The normalized spacial score (nSPS) is 23.5. The van der Waals surface area contributed by atoms with Gasteiger partial charge in [0.05, 0.1) is 30.8 Å². The lowest BCUT2D eigenvalue weighted by Crippen LogP contribution is -2.51. The Bertz CT molecular complexity index is 490. The molecule has 1 saturated heterocycles. The molecular weight excluding hydrogens is 280 g/mol. The van der Waals surface area contributed by atoms with Crippen LogP contribution in [0.4, 0.5) is 0 Å². The van der Waals surface area contributed by atoms with Crippen molar-refractivity contribution in [3.63, 3.8) is 0 Å². The van der Waals surface area contributed by atoms with E-state index in [2.05, 4.69) is 10.2 Å². The monoisotopic (exact) mass is 306 g/mol. The number of rotatable bonds is 5. The van der Waals surface area contributed by atoms with Crippen LogP contribution in [0.5, 0.6) is 0 Å². The number of carbonyl (C=O) groups is 1. The molecule has 0 aromatic heterocycles. The van der Waals surface area contributed by atoms with Gasteiger partial charge in [-0.05, 0) is 26.5 Å². The highest BCUT2D eigenvalue weighted by atomic mass is 16.5. The van der Waals surface area contributed by atoms with Crippen LogP contribution in [0, 0.1) is 0 Å². The lowest BCUT2D eigenvalue weighted by molar-refractivity contribution is -0.128. The van der Waals surface area contributed by atoms with Crippen LogP contribution in [0.1, 0.15) is 25.8 Å². The molecule has 0 radical (unpaired) electrons. The minimum Gasteiger partial charge on any atom is -0.385 e. The van der Waals surface area contributed by atoms with E-state index in [0.29, 0.717) is 6.61 Å². The Labute approximate surface area is 132 Å². The summed E-state index contributed by atoms with van der Waals surface area (Å²) < 4.78 is 5.71. The maximum Gasteiger partial charge on any atom is 0.223 e. The molecule has 5 nitrogen and oxygen atoms in total. The lowest BCUT2D eigenvalue weighted by Gasteiger charge is -2.34. The van der Waals surface area contributed by atoms with E-state index in [1.165, 1.54) is 0 Å². The predicted octanol–water partition coefficient (Wildman–Crippen LogP) is 1.12. The summed E-state index contributed by atoms with van der Waals surface area (Å²) in [7, 11) is 2.05. The highest BCUT2D eigenvalue weighted by Crippen LogP contribution is 2.24. The lowest BCUT2D eigenvalue weighted by atomic mass is 9.92. The average molecular weight is 306 g/mol. The molecule has 5 heteroatoms. The Balaban J connectivity index is 1.89. The molecule has 2 rings (SSSR count). The van der Waals surface area contributed by atoms with E-state index < -0.39 is 5.60 Å². The molecule has 3 atom stereocenters. The van der Waals surface area contributed by atoms with Gasteiger partial charge in [-0.2, -0.15) is 0 Å². The summed E-state index contributed by atoms with van der Waals surface area (Å²) in [5.41, 5.74) is -0.429. The van der Waals surface area contributed by atoms with Crippen molar-refractivity contribution >= 4 is 5.91 Å². The number of nitrogens with zero attached hydrogens (tertiary/aromatic N) is 1. The first-order chi connectivity index (χ1) is 10.4. The number of likely N-dealkylation sites (N-methyl/N-ethyl adjacent to an activating group) is 1. The molecule has 0 aliphatic carbocycles. The minimum absolute atomic E-state index is 0.00984. The number of benzene rings is 1. The van der Waals surface area contributed by atoms with Gasteiger partial charge < -0.3 is 20.1 Å². The highest BCUT2D eigenvalue weighted by Gasteiger charge is 2.29. The number of hydrogen-bond donors (Lipinski definition) is 2. The quantitative estimate of drug-likeness (QED) is 0.856. The second kappa shape index (κ2) is 7.22. The average Bonchev–Trinajstić information content (AvgIpc) is 2.47. The van der Waals surface area contributed by atoms with Crippen molar-refractivity contribution in [3.8, 4) is 0 Å². The molecule has 1 aromatic carbocycles. The summed E-state index contributed by atoms with van der Waals surface area (Å²) in [4.78, 5) is 14.4. The van der Waals surface area contributed by atoms with Crippen LogP contribution >= 0.6 is 0 Å². The zero-order chi connectivity index (χ0) is 16.2. The maximum absolute atomic E-state index is 12.2. The van der Waals surface area contributed by atoms with Crippen LogP contribution in [0.15, 0.2) is 30.3 Å². The van der Waals surface area contributed by atoms with Gasteiger partial charge in [0, 0.05) is 13.1 Å². The van der Waals surface area contributed by atoms with E-state index in [-0.39, 0.29) is 24.5 Å². The fraction of sp³-hybridized carbons (Fsp3) is 0.588. The molecular formula is C17H26N2O3. The summed E-state index contributed by atoms with van der Waals surface area (Å²) in [6.45, 7) is 6.01. The van der Waals surface area contributed by atoms with E-state index in [4.69, 9.17) is 4.74 Å². The minimum atomic E-state index is -1.17. The first-order valence-electron chi connectivity index (χ1n) is 7.76. The van der Waals surface area contributed by atoms with Gasteiger partial charge in [0.1, 0.15) is 0 Å².